The molecule has 2 aliphatic carbocycles. The molecular weight excluding hydrogens is 837 g/mol. The summed E-state index contributed by atoms with van der Waals surface area (Å²) in [6.45, 7) is 0.987. The van der Waals surface area contributed by atoms with Crippen LogP contribution in [0.3, 0.4) is 0 Å². The highest BCUT2D eigenvalue weighted by atomic mass is 16.2. The van der Waals surface area contributed by atoms with Crippen LogP contribution < -0.4 is 5.32 Å². The number of hydrogen-bond donors (Lipinski definition) is 2. The number of ketones is 3. The number of aromatic amines is 1. The number of anilines is 1. The molecule has 2 aliphatic heterocycles. The highest BCUT2D eigenvalue weighted by molar-refractivity contribution is 6.00. The van der Waals surface area contributed by atoms with Crippen LogP contribution in [0.2, 0.25) is 0 Å². The average Bonchev–Trinajstić information content (AvgIpc) is 4.17. The minimum absolute atomic E-state index is 0.00820. The van der Waals surface area contributed by atoms with Crippen LogP contribution in [-0.2, 0) is 35.2 Å². The number of hydrogen-bond acceptors (Lipinski definition) is 6. The lowest BCUT2D eigenvalue weighted by Gasteiger charge is -2.29. The van der Waals surface area contributed by atoms with E-state index >= 15 is 0 Å². The molecule has 4 aromatic carbocycles. The Labute approximate surface area is 394 Å². The molecule has 0 spiro atoms. The molecule has 3 heterocycles. The third-order valence-corrected chi connectivity index (χ3v) is 15.2. The van der Waals surface area contributed by atoms with Crippen LogP contribution in [-0.4, -0.2) is 75.0 Å². The zero-order valence-electron chi connectivity index (χ0n) is 38.6. The van der Waals surface area contributed by atoms with Gasteiger partial charge in [0.1, 0.15) is 17.6 Å². The Morgan fingerprint density at radius 2 is 1.06 bits per heavy atom. The third-order valence-electron chi connectivity index (χ3n) is 15.2. The summed E-state index contributed by atoms with van der Waals surface area (Å²) in [5.41, 5.74) is 5.89. The smallest absolute Gasteiger partial charge is 0.247 e. The predicted molar refractivity (Wildman–Crippen MR) is 261 cm³/mol. The van der Waals surface area contributed by atoms with Crippen LogP contribution in [0.15, 0.2) is 109 Å². The van der Waals surface area contributed by atoms with E-state index in [-0.39, 0.29) is 66.2 Å². The first-order chi connectivity index (χ1) is 32.7. The van der Waals surface area contributed by atoms with Gasteiger partial charge in [-0.3, -0.25) is 28.8 Å². The third kappa shape index (κ3) is 10.7. The van der Waals surface area contributed by atoms with Gasteiger partial charge in [-0.2, -0.15) is 0 Å². The van der Waals surface area contributed by atoms with Crippen LogP contribution >= 0.6 is 0 Å². The van der Waals surface area contributed by atoms with Gasteiger partial charge in [0.25, 0.3) is 0 Å². The number of carbonyl (C=O) groups is 6. The molecule has 0 bridgehead atoms. The van der Waals surface area contributed by atoms with E-state index in [0.717, 1.165) is 109 Å². The minimum Gasteiger partial charge on any atom is -0.355 e. The Balaban J connectivity index is 0.829. The quantitative estimate of drug-likeness (QED) is 0.101. The SMILES string of the molecule is O=C(C[C@@H](C(=O)N1CCC[C@H]1C(=O)Cc1ccc2[nH]c(-c3ccc(NC(=O)[C@@H]4CCCN4C(=O)[C@H](CC(=O)C4CCCCC4)c4ccccc4)cc3)cc2c1)c1ccccc1)C1CCCCC1. The number of fused-ring (bicyclic) bond motifs is 1. The van der Waals surface area contributed by atoms with Crippen molar-refractivity contribution in [2.45, 2.75) is 133 Å². The summed E-state index contributed by atoms with van der Waals surface area (Å²) in [4.78, 5) is 90.4. The van der Waals surface area contributed by atoms with E-state index in [1.807, 2.05) is 103 Å². The number of nitrogens with one attached hydrogen (secondary N) is 2. The van der Waals surface area contributed by atoms with Gasteiger partial charge in [0.05, 0.1) is 17.9 Å². The van der Waals surface area contributed by atoms with Gasteiger partial charge >= 0.3 is 0 Å². The summed E-state index contributed by atoms with van der Waals surface area (Å²) in [5, 5.41) is 4.02. The minimum atomic E-state index is -0.622. The molecule has 10 heteroatoms. The van der Waals surface area contributed by atoms with E-state index < -0.39 is 23.9 Å². The molecule has 67 heavy (non-hydrogen) atoms. The van der Waals surface area contributed by atoms with Crippen molar-refractivity contribution in [2.24, 2.45) is 11.8 Å². The van der Waals surface area contributed by atoms with E-state index in [1.165, 1.54) is 0 Å². The molecule has 9 rings (SSSR count). The fraction of sp³-hybridized carbons (Fsp3) is 0.439. The van der Waals surface area contributed by atoms with E-state index in [1.54, 1.807) is 9.80 Å². The number of amides is 3. The Morgan fingerprint density at radius 1 is 0.537 bits per heavy atom. The summed E-state index contributed by atoms with van der Waals surface area (Å²) >= 11 is 0. The lowest BCUT2D eigenvalue weighted by molar-refractivity contribution is -0.140. The zero-order valence-corrected chi connectivity index (χ0v) is 38.6. The van der Waals surface area contributed by atoms with Gasteiger partial charge in [0, 0.05) is 66.5 Å². The van der Waals surface area contributed by atoms with Gasteiger partial charge in [-0.15, -0.1) is 0 Å². The van der Waals surface area contributed by atoms with Crippen molar-refractivity contribution < 1.29 is 28.8 Å². The van der Waals surface area contributed by atoms with Gasteiger partial charge < -0.3 is 20.1 Å². The van der Waals surface area contributed by atoms with Gasteiger partial charge in [0.15, 0.2) is 5.78 Å². The van der Waals surface area contributed by atoms with Crippen LogP contribution in [0.25, 0.3) is 22.2 Å². The second kappa shape index (κ2) is 21.2. The van der Waals surface area contributed by atoms with Crippen molar-refractivity contribution in [1.82, 2.24) is 14.8 Å². The molecule has 0 unspecified atom stereocenters. The molecular formula is C57H64N4O6. The number of benzene rings is 4. The predicted octanol–water partition coefficient (Wildman–Crippen LogP) is 10.5. The lowest BCUT2D eigenvalue weighted by atomic mass is 9.81. The Kier molecular flexibility index (Phi) is 14.6. The maximum absolute atomic E-state index is 14.3. The normalized spacial score (nSPS) is 20.1. The van der Waals surface area contributed by atoms with Crippen molar-refractivity contribution in [2.75, 3.05) is 18.4 Å². The van der Waals surface area contributed by atoms with Gasteiger partial charge in [-0.1, -0.05) is 117 Å². The summed E-state index contributed by atoms with van der Waals surface area (Å²) < 4.78 is 0. The number of Topliss-reactive ketones (excluding diaryl/α,β-unsaturated/α-hetero) is 3. The van der Waals surface area contributed by atoms with Crippen molar-refractivity contribution in [3.05, 3.63) is 126 Å². The Bertz CT molecular complexity index is 2560. The largest absolute Gasteiger partial charge is 0.355 e. The molecule has 348 valence electrons. The molecule has 4 atom stereocenters. The van der Waals surface area contributed by atoms with Gasteiger partial charge in [-0.05, 0) is 104 Å². The van der Waals surface area contributed by atoms with Crippen LogP contribution in [0.5, 0.6) is 0 Å². The Hall–Kier alpha value is -6.16. The van der Waals surface area contributed by atoms with E-state index in [9.17, 15) is 28.8 Å². The van der Waals surface area contributed by atoms with Crippen LogP contribution in [0.4, 0.5) is 5.69 Å². The second-order valence-electron chi connectivity index (χ2n) is 19.6. The first-order valence-electron chi connectivity index (χ1n) is 25.0. The Morgan fingerprint density at radius 3 is 1.61 bits per heavy atom. The molecule has 2 saturated heterocycles. The number of H-pyrrole nitrogens is 1. The highest BCUT2D eigenvalue weighted by Gasteiger charge is 2.41. The molecule has 2 N–H and O–H groups in total. The molecule has 1 aromatic heterocycles. The highest BCUT2D eigenvalue weighted by Crippen LogP contribution is 2.35. The van der Waals surface area contributed by atoms with Gasteiger partial charge in [-0.25, -0.2) is 0 Å². The van der Waals surface area contributed by atoms with Crippen LogP contribution in [0.1, 0.15) is 131 Å². The number of likely N-dealkylation sites (tertiary alicyclic amines) is 2. The molecule has 2 saturated carbocycles. The monoisotopic (exact) mass is 900 g/mol. The van der Waals surface area contributed by atoms with Crippen molar-refractivity contribution >= 4 is 51.7 Å². The van der Waals surface area contributed by atoms with Crippen molar-refractivity contribution in [3.8, 4) is 11.3 Å². The van der Waals surface area contributed by atoms with E-state index in [2.05, 4.69) is 16.4 Å². The first kappa shape index (κ1) is 46.0. The molecule has 3 amide bonds. The summed E-state index contributed by atoms with van der Waals surface area (Å²) in [7, 11) is 0. The van der Waals surface area contributed by atoms with E-state index in [4.69, 9.17) is 0 Å². The van der Waals surface area contributed by atoms with Crippen molar-refractivity contribution in [1.29, 1.82) is 0 Å². The van der Waals surface area contributed by atoms with Crippen LogP contribution in [0, 0.1) is 11.8 Å². The molecule has 0 radical (unpaired) electrons. The standard InChI is InChI=1S/C57H64N4O6/c62-52(42-19-9-3-10-20-42)36-46(39-15-5-1-6-16-39)56(66)60-31-13-23-50(60)54(64)34-38-25-30-48-44(33-38)35-49(59-48)41-26-28-45(29-27-41)58-55(65)51-24-14-32-61(51)57(67)47(40-17-7-2-8-18-40)37-53(63)43-21-11-4-12-22-43/h1-2,5-8,15-18,25-30,33,35,42-43,46-47,50-51,59H,3-4,9-14,19-24,31-32,34,36-37H2,(H,58,65)/t46-,47-,50+,51+/m1/s1. The maximum Gasteiger partial charge on any atom is 0.247 e. The lowest BCUT2D eigenvalue weighted by Crippen LogP contribution is -2.45. The molecule has 10 nitrogen and oxygen atoms in total. The number of nitrogens with zero attached hydrogens (tertiary/aromatic N) is 2. The summed E-state index contributed by atoms with van der Waals surface area (Å²) in [6, 6.07) is 33.6. The second-order valence-corrected chi connectivity index (χ2v) is 19.6. The molecule has 4 fully saturated rings. The maximum atomic E-state index is 14.3. The number of rotatable bonds is 16. The topological polar surface area (TPSA) is 137 Å². The van der Waals surface area contributed by atoms with Crippen molar-refractivity contribution in [3.63, 3.8) is 0 Å². The number of carbonyl (C=O) groups excluding carboxylic acids is 6. The summed E-state index contributed by atoms with van der Waals surface area (Å²) in [6.07, 6.45) is 13.3. The summed E-state index contributed by atoms with van der Waals surface area (Å²) in [5.74, 6) is -1.36. The zero-order chi connectivity index (χ0) is 46.3. The van der Waals surface area contributed by atoms with E-state index in [0.29, 0.717) is 38.0 Å². The fourth-order valence-electron chi connectivity index (χ4n) is 11.4. The van der Waals surface area contributed by atoms with Gasteiger partial charge in [0.2, 0.25) is 17.7 Å². The number of aromatic nitrogens is 1. The average molecular weight is 901 g/mol. The fourth-order valence-corrected chi connectivity index (χ4v) is 11.4. The molecule has 5 aromatic rings. The first-order valence-corrected chi connectivity index (χ1v) is 25.0. The molecule has 4 aliphatic rings.